The molecule has 0 atom stereocenters. The van der Waals surface area contributed by atoms with Gasteiger partial charge in [0.25, 0.3) is 0 Å². The molecule has 2 rings (SSSR count). The monoisotopic (exact) mass is 257 g/mol. The third-order valence-corrected chi connectivity index (χ3v) is 2.41. The normalized spacial score (nSPS) is 9.95. The van der Waals surface area contributed by atoms with Crippen LogP contribution in [0.4, 0.5) is 0 Å². The van der Waals surface area contributed by atoms with Crippen molar-refractivity contribution in [3.63, 3.8) is 0 Å². The Morgan fingerprint density at radius 2 is 1.74 bits per heavy atom. The Morgan fingerprint density at radius 1 is 1.00 bits per heavy atom. The lowest BCUT2D eigenvalue weighted by Crippen LogP contribution is -2.11. The summed E-state index contributed by atoms with van der Waals surface area (Å²) in [5.41, 5.74) is 5.87. The Kier molecular flexibility index (Phi) is 4.53. The summed E-state index contributed by atoms with van der Waals surface area (Å²) < 4.78 is 10.6. The fourth-order valence-electron chi connectivity index (χ4n) is 1.54. The molecular formula is C15H15NO3. The molecule has 0 saturated heterocycles. The lowest BCUT2D eigenvalue weighted by Gasteiger charge is -2.07. The van der Waals surface area contributed by atoms with E-state index < -0.39 is 5.97 Å². The Labute approximate surface area is 111 Å². The van der Waals surface area contributed by atoms with Gasteiger partial charge >= 0.3 is 5.97 Å². The van der Waals surface area contributed by atoms with Gasteiger partial charge in [0.2, 0.25) is 0 Å². The first-order chi connectivity index (χ1) is 9.29. The van der Waals surface area contributed by atoms with Crippen molar-refractivity contribution in [2.24, 2.45) is 5.73 Å². The highest BCUT2D eigenvalue weighted by Gasteiger charge is 2.08. The SMILES string of the molecule is NCCOc1cccc(OC(=O)c2ccccc2)c1. The van der Waals surface area contributed by atoms with Crippen molar-refractivity contribution in [2.75, 3.05) is 13.2 Å². The third-order valence-electron chi connectivity index (χ3n) is 2.41. The third kappa shape index (κ3) is 3.82. The first-order valence-corrected chi connectivity index (χ1v) is 6.00. The minimum absolute atomic E-state index is 0.392. The van der Waals surface area contributed by atoms with Gasteiger partial charge in [0.05, 0.1) is 5.56 Å². The maximum absolute atomic E-state index is 11.9. The van der Waals surface area contributed by atoms with Crippen molar-refractivity contribution in [1.29, 1.82) is 0 Å². The van der Waals surface area contributed by atoms with Gasteiger partial charge in [0, 0.05) is 12.6 Å². The molecule has 0 fully saturated rings. The fourth-order valence-corrected chi connectivity index (χ4v) is 1.54. The zero-order valence-electron chi connectivity index (χ0n) is 10.4. The van der Waals surface area contributed by atoms with Crippen LogP contribution < -0.4 is 15.2 Å². The van der Waals surface area contributed by atoms with Crippen molar-refractivity contribution in [3.05, 3.63) is 60.2 Å². The van der Waals surface area contributed by atoms with Crippen LogP contribution in [0, 0.1) is 0 Å². The van der Waals surface area contributed by atoms with Gasteiger partial charge in [-0.3, -0.25) is 0 Å². The van der Waals surface area contributed by atoms with Crippen LogP contribution in [-0.4, -0.2) is 19.1 Å². The molecule has 0 amide bonds. The molecule has 0 bridgehead atoms. The van der Waals surface area contributed by atoms with E-state index >= 15 is 0 Å². The van der Waals surface area contributed by atoms with E-state index in [-0.39, 0.29) is 0 Å². The number of hydrogen-bond donors (Lipinski definition) is 1. The van der Waals surface area contributed by atoms with Gasteiger partial charge in [-0.05, 0) is 24.3 Å². The highest BCUT2D eigenvalue weighted by Crippen LogP contribution is 2.20. The fraction of sp³-hybridized carbons (Fsp3) is 0.133. The zero-order chi connectivity index (χ0) is 13.5. The second-order valence-electron chi connectivity index (χ2n) is 3.87. The Morgan fingerprint density at radius 3 is 2.47 bits per heavy atom. The minimum atomic E-state index is -0.392. The van der Waals surface area contributed by atoms with E-state index in [2.05, 4.69) is 0 Å². The van der Waals surface area contributed by atoms with Crippen LogP contribution in [0.3, 0.4) is 0 Å². The lowest BCUT2D eigenvalue weighted by molar-refractivity contribution is 0.0734. The highest BCUT2D eigenvalue weighted by molar-refractivity contribution is 5.90. The van der Waals surface area contributed by atoms with Crippen molar-refractivity contribution < 1.29 is 14.3 Å². The lowest BCUT2D eigenvalue weighted by atomic mass is 10.2. The summed E-state index contributed by atoms with van der Waals surface area (Å²) >= 11 is 0. The molecular weight excluding hydrogens is 242 g/mol. The molecule has 0 spiro atoms. The topological polar surface area (TPSA) is 61.6 Å². The highest BCUT2D eigenvalue weighted by atomic mass is 16.5. The van der Waals surface area contributed by atoms with Gasteiger partial charge in [-0.15, -0.1) is 0 Å². The molecule has 2 N–H and O–H groups in total. The average Bonchev–Trinajstić information content (AvgIpc) is 2.46. The van der Waals surface area contributed by atoms with Gasteiger partial charge in [-0.2, -0.15) is 0 Å². The van der Waals surface area contributed by atoms with Crippen molar-refractivity contribution in [1.82, 2.24) is 0 Å². The number of carbonyl (C=O) groups excluding carboxylic acids is 1. The predicted molar refractivity (Wildman–Crippen MR) is 72.4 cm³/mol. The molecule has 19 heavy (non-hydrogen) atoms. The van der Waals surface area contributed by atoms with E-state index in [0.717, 1.165) is 0 Å². The van der Waals surface area contributed by atoms with E-state index in [1.54, 1.807) is 48.5 Å². The summed E-state index contributed by atoms with van der Waals surface area (Å²) in [5.74, 6) is 0.684. The van der Waals surface area contributed by atoms with Crippen molar-refractivity contribution in [3.8, 4) is 11.5 Å². The molecule has 2 aromatic carbocycles. The van der Waals surface area contributed by atoms with Crippen molar-refractivity contribution in [2.45, 2.75) is 0 Å². The van der Waals surface area contributed by atoms with E-state index in [4.69, 9.17) is 15.2 Å². The van der Waals surface area contributed by atoms with Gasteiger partial charge in [-0.1, -0.05) is 24.3 Å². The number of nitrogens with two attached hydrogens (primary N) is 1. The molecule has 0 heterocycles. The number of rotatable bonds is 5. The summed E-state index contributed by atoms with van der Waals surface area (Å²) in [6.07, 6.45) is 0. The second-order valence-corrected chi connectivity index (χ2v) is 3.87. The van der Waals surface area contributed by atoms with E-state index in [0.29, 0.717) is 30.2 Å². The van der Waals surface area contributed by atoms with Crippen LogP contribution in [0.25, 0.3) is 0 Å². The van der Waals surface area contributed by atoms with Crippen LogP contribution in [0.15, 0.2) is 54.6 Å². The zero-order valence-corrected chi connectivity index (χ0v) is 10.4. The molecule has 0 aliphatic rings. The standard InChI is InChI=1S/C15H15NO3/c16-9-10-18-13-7-4-8-14(11-13)19-15(17)12-5-2-1-3-6-12/h1-8,11H,9-10,16H2. The van der Waals surface area contributed by atoms with Crippen LogP contribution in [0.1, 0.15) is 10.4 Å². The first kappa shape index (κ1) is 13.1. The molecule has 0 radical (unpaired) electrons. The van der Waals surface area contributed by atoms with Crippen LogP contribution in [-0.2, 0) is 0 Å². The summed E-state index contributed by atoms with van der Waals surface area (Å²) in [7, 11) is 0. The molecule has 0 saturated carbocycles. The first-order valence-electron chi connectivity index (χ1n) is 6.00. The van der Waals surface area contributed by atoms with Crippen LogP contribution in [0.2, 0.25) is 0 Å². The Balaban J connectivity index is 2.05. The number of ether oxygens (including phenoxy) is 2. The van der Waals surface area contributed by atoms with Crippen LogP contribution >= 0.6 is 0 Å². The molecule has 0 aromatic heterocycles. The number of hydrogen-bond acceptors (Lipinski definition) is 4. The molecule has 0 unspecified atom stereocenters. The summed E-state index contributed by atoms with van der Waals surface area (Å²) in [6.45, 7) is 0.865. The predicted octanol–water partition coefficient (Wildman–Crippen LogP) is 2.24. The average molecular weight is 257 g/mol. The molecule has 4 heteroatoms. The maximum atomic E-state index is 11.9. The molecule has 98 valence electrons. The Bertz CT molecular complexity index is 540. The molecule has 0 aliphatic heterocycles. The summed E-state index contributed by atoms with van der Waals surface area (Å²) in [4.78, 5) is 11.9. The Hall–Kier alpha value is -2.33. The van der Waals surface area contributed by atoms with Crippen LogP contribution in [0.5, 0.6) is 11.5 Å². The maximum Gasteiger partial charge on any atom is 0.343 e. The van der Waals surface area contributed by atoms with E-state index in [1.165, 1.54) is 0 Å². The summed E-state index contributed by atoms with van der Waals surface area (Å²) in [6, 6.07) is 15.8. The number of carbonyl (C=O) groups is 1. The second kappa shape index (κ2) is 6.56. The quantitative estimate of drug-likeness (QED) is 0.659. The van der Waals surface area contributed by atoms with E-state index in [9.17, 15) is 4.79 Å². The van der Waals surface area contributed by atoms with Crippen molar-refractivity contribution >= 4 is 5.97 Å². The minimum Gasteiger partial charge on any atom is -0.492 e. The number of benzene rings is 2. The van der Waals surface area contributed by atoms with Gasteiger partial charge in [0.15, 0.2) is 0 Å². The van der Waals surface area contributed by atoms with Gasteiger partial charge in [-0.25, -0.2) is 4.79 Å². The molecule has 0 aliphatic carbocycles. The van der Waals surface area contributed by atoms with E-state index in [1.807, 2.05) is 6.07 Å². The molecule has 2 aromatic rings. The van der Waals surface area contributed by atoms with Gasteiger partial charge < -0.3 is 15.2 Å². The largest absolute Gasteiger partial charge is 0.492 e. The number of esters is 1. The molecule has 4 nitrogen and oxygen atoms in total. The smallest absolute Gasteiger partial charge is 0.343 e. The van der Waals surface area contributed by atoms with Gasteiger partial charge in [0.1, 0.15) is 18.1 Å². The summed E-state index contributed by atoms with van der Waals surface area (Å²) in [5, 5.41) is 0.